The number of imidazole rings is 1. The molecule has 4 nitrogen and oxygen atoms in total. The van der Waals surface area contributed by atoms with Gasteiger partial charge in [-0.25, -0.2) is 4.57 Å². The van der Waals surface area contributed by atoms with Gasteiger partial charge in [0.25, 0.3) is 0 Å². The van der Waals surface area contributed by atoms with Crippen molar-refractivity contribution in [1.82, 2.24) is 4.68 Å². The van der Waals surface area contributed by atoms with Gasteiger partial charge in [0, 0.05) is 0 Å². The Hall–Kier alpha value is -2.18. The number of fused-ring (bicyclic) bond motifs is 1. The van der Waals surface area contributed by atoms with Gasteiger partial charge in [0.2, 0.25) is 5.52 Å². The molecule has 0 atom stereocenters. The van der Waals surface area contributed by atoms with E-state index in [-0.39, 0.29) is 0 Å². The summed E-state index contributed by atoms with van der Waals surface area (Å²) >= 11 is 9.89. The fourth-order valence-electron chi connectivity index (χ4n) is 2.89. The van der Waals surface area contributed by atoms with Gasteiger partial charge in [0.1, 0.15) is 5.75 Å². The molecule has 3 aromatic rings. The van der Waals surface area contributed by atoms with Crippen LogP contribution in [0.1, 0.15) is 31.2 Å². The van der Waals surface area contributed by atoms with Gasteiger partial charge in [-0.2, -0.15) is 0 Å². The van der Waals surface area contributed by atoms with Crippen LogP contribution in [0, 0.1) is 0 Å². The number of hydrogen-bond acceptors (Lipinski definition) is 3. The van der Waals surface area contributed by atoms with Crippen molar-refractivity contribution >= 4 is 46.3 Å². The molecule has 0 fully saturated rings. The number of hydrogen-bond donors (Lipinski definition) is 1. The molecule has 0 saturated carbocycles. The van der Waals surface area contributed by atoms with Crippen LogP contribution in [0.2, 0.25) is 0 Å². The molecule has 0 spiro atoms. The normalized spacial score (nSPS) is 11.3. The summed E-state index contributed by atoms with van der Waals surface area (Å²) in [5.41, 5.74) is 3.11. The van der Waals surface area contributed by atoms with Crippen LogP contribution in [0.15, 0.2) is 53.6 Å². The van der Waals surface area contributed by atoms with Gasteiger partial charge in [0.15, 0.2) is 9.71 Å². The van der Waals surface area contributed by atoms with E-state index in [2.05, 4.69) is 36.3 Å². The molecule has 0 aliphatic carbocycles. The number of thiol groups is 1. The predicted octanol–water partition coefficient (Wildman–Crippen LogP) is 4.23. The third-order valence-corrected chi connectivity index (χ3v) is 4.60. The molecule has 1 heterocycles. The van der Waals surface area contributed by atoms with Crippen LogP contribution in [0.4, 0.5) is 0 Å². The molecule has 3 rings (SSSR count). The van der Waals surface area contributed by atoms with E-state index < -0.39 is 0 Å². The third-order valence-electron chi connectivity index (χ3n) is 4.22. The van der Waals surface area contributed by atoms with Gasteiger partial charge in [-0.15, -0.1) is 12.6 Å². The van der Waals surface area contributed by atoms with E-state index >= 15 is 0 Å². The molecule has 0 N–H and O–H groups in total. The number of unbranched alkanes of at least 4 members (excludes halogenated alkanes) is 1. The van der Waals surface area contributed by atoms with Crippen molar-refractivity contribution in [1.29, 1.82) is 0 Å². The molecular formula is C20H22N3OS2+. The maximum atomic E-state index is 5.42. The van der Waals surface area contributed by atoms with E-state index in [4.69, 9.17) is 22.1 Å². The molecule has 134 valence electrons. The molecule has 0 radical (unpaired) electrons. The zero-order valence-corrected chi connectivity index (χ0v) is 16.6. The van der Waals surface area contributed by atoms with Crippen LogP contribution in [0.3, 0.4) is 0 Å². The number of aryl methyl sites for hydroxylation is 1. The van der Waals surface area contributed by atoms with Gasteiger partial charge in [-0.3, -0.25) is 0 Å². The molecule has 6 heteroatoms. The molecule has 0 aliphatic rings. The Balaban J connectivity index is 2.09. The first-order valence-corrected chi connectivity index (χ1v) is 9.46. The zero-order valence-electron chi connectivity index (χ0n) is 14.9. The Labute approximate surface area is 164 Å². The standard InChI is InChI=1S/C20H21N3OS2/c1-3-4-13-22-17-7-5-6-8-18(17)23(19(22)20(25)26)21-14-15-9-11-16(24-2)12-10-15/h5-12,14H,3-4,13H2,1-2H3/p+1/b21-14+. The minimum absolute atomic E-state index is 0.532. The predicted molar refractivity (Wildman–Crippen MR) is 114 cm³/mol. The average molecular weight is 385 g/mol. The second-order valence-corrected chi connectivity index (χ2v) is 7.11. The highest BCUT2D eigenvalue weighted by atomic mass is 32.1. The Morgan fingerprint density at radius 1 is 1.23 bits per heavy atom. The number of aromatic nitrogens is 2. The van der Waals surface area contributed by atoms with E-state index in [0.717, 1.165) is 47.6 Å². The minimum atomic E-state index is 0.532. The zero-order chi connectivity index (χ0) is 18.5. The van der Waals surface area contributed by atoms with Gasteiger partial charge in [0.05, 0.1) is 19.9 Å². The fraction of sp³-hybridized carbons (Fsp3) is 0.250. The van der Waals surface area contributed by atoms with Crippen LogP contribution in [0.25, 0.3) is 11.0 Å². The van der Waals surface area contributed by atoms with Crippen molar-refractivity contribution in [2.75, 3.05) is 7.11 Å². The molecule has 1 aromatic heterocycles. The lowest BCUT2D eigenvalue weighted by molar-refractivity contribution is -0.673. The largest absolute Gasteiger partial charge is 0.497 e. The number of methoxy groups -OCH3 is 1. The third kappa shape index (κ3) is 3.81. The first-order valence-electron chi connectivity index (χ1n) is 8.60. The highest BCUT2D eigenvalue weighted by Gasteiger charge is 2.26. The van der Waals surface area contributed by atoms with E-state index in [1.807, 2.05) is 47.3 Å². The monoisotopic (exact) mass is 384 g/mol. The van der Waals surface area contributed by atoms with Crippen molar-refractivity contribution in [3.63, 3.8) is 0 Å². The summed E-state index contributed by atoms with van der Waals surface area (Å²) < 4.78 is 9.82. The first kappa shape index (κ1) is 18.6. The van der Waals surface area contributed by atoms with Crippen molar-refractivity contribution < 1.29 is 9.30 Å². The smallest absolute Gasteiger partial charge is 0.332 e. The average Bonchev–Trinajstić information content (AvgIpc) is 2.99. The minimum Gasteiger partial charge on any atom is -0.497 e. The summed E-state index contributed by atoms with van der Waals surface area (Å²) in [6.07, 6.45) is 4.01. The molecule has 0 amide bonds. The number of rotatable bonds is 7. The van der Waals surface area contributed by atoms with E-state index in [9.17, 15) is 0 Å². The van der Waals surface area contributed by atoms with Crippen LogP contribution in [-0.2, 0) is 6.54 Å². The molecule has 26 heavy (non-hydrogen) atoms. The number of nitrogens with zero attached hydrogens (tertiary/aromatic N) is 3. The summed E-state index contributed by atoms with van der Waals surface area (Å²) in [5, 5.41) is 4.70. The number of benzene rings is 2. The van der Waals surface area contributed by atoms with Crippen LogP contribution in [-0.4, -0.2) is 22.2 Å². The molecule has 0 saturated heterocycles. The second-order valence-electron chi connectivity index (χ2n) is 5.95. The topological polar surface area (TPSA) is 30.4 Å². The Morgan fingerprint density at radius 3 is 2.62 bits per heavy atom. The fourth-order valence-corrected chi connectivity index (χ4v) is 3.31. The van der Waals surface area contributed by atoms with E-state index in [1.165, 1.54) is 0 Å². The highest BCUT2D eigenvalue weighted by molar-refractivity contribution is 8.11. The molecule has 0 bridgehead atoms. The summed E-state index contributed by atoms with van der Waals surface area (Å²) in [7, 11) is 1.66. The van der Waals surface area contributed by atoms with E-state index in [1.54, 1.807) is 7.11 Å². The Morgan fingerprint density at radius 2 is 1.96 bits per heavy atom. The molecule has 0 unspecified atom stereocenters. The highest BCUT2D eigenvalue weighted by Crippen LogP contribution is 2.17. The maximum Gasteiger partial charge on any atom is 0.332 e. The maximum absolute atomic E-state index is 5.42. The first-order chi connectivity index (χ1) is 12.7. The van der Waals surface area contributed by atoms with Crippen molar-refractivity contribution in [3.05, 3.63) is 59.9 Å². The lowest BCUT2D eigenvalue weighted by Gasteiger charge is -2.00. The van der Waals surface area contributed by atoms with Crippen LogP contribution >= 0.6 is 24.8 Å². The summed E-state index contributed by atoms with van der Waals surface area (Å²) in [5.74, 6) is 1.66. The number of ether oxygens (including phenoxy) is 1. The lowest BCUT2D eigenvalue weighted by Crippen LogP contribution is -2.39. The van der Waals surface area contributed by atoms with E-state index in [0.29, 0.717) is 4.20 Å². The van der Waals surface area contributed by atoms with Crippen LogP contribution < -0.4 is 9.30 Å². The molecular weight excluding hydrogens is 362 g/mol. The van der Waals surface area contributed by atoms with Gasteiger partial charge >= 0.3 is 5.82 Å². The van der Waals surface area contributed by atoms with Crippen molar-refractivity contribution in [3.8, 4) is 5.75 Å². The number of thiocarbonyl (C=S) groups is 1. The van der Waals surface area contributed by atoms with Crippen LogP contribution in [0.5, 0.6) is 5.75 Å². The molecule has 2 aromatic carbocycles. The summed E-state index contributed by atoms with van der Waals surface area (Å²) in [4.78, 5) is 0. The van der Waals surface area contributed by atoms with Gasteiger partial charge in [-0.05, 0) is 48.4 Å². The molecule has 0 aliphatic heterocycles. The number of para-hydroxylation sites is 2. The van der Waals surface area contributed by atoms with Gasteiger partial charge < -0.3 is 4.74 Å². The Bertz CT molecular complexity index is 946. The lowest BCUT2D eigenvalue weighted by atomic mass is 10.2. The summed E-state index contributed by atoms with van der Waals surface area (Å²) in [6, 6.07) is 16.0. The SMILES string of the molecule is CCCC[n+]1c(C(=S)S)n(/N=C/c2ccc(OC)cc2)c2ccccc21. The second kappa shape index (κ2) is 8.47. The quantitative estimate of drug-likeness (QED) is 0.286. The van der Waals surface area contributed by atoms with Crippen molar-refractivity contribution in [2.24, 2.45) is 5.10 Å². The van der Waals surface area contributed by atoms with Crippen molar-refractivity contribution in [2.45, 2.75) is 26.3 Å². The van der Waals surface area contributed by atoms with Gasteiger partial charge in [-0.1, -0.05) is 47.5 Å². The summed E-state index contributed by atoms with van der Waals surface area (Å²) in [6.45, 7) is 3.07. The Kier molecular flexibility index (Phi) is 6.06.